The zero-order valence-corrected chi connectivity index (χ0v) is 11.2. The van der Waals surface area contributed by atoms with E-state index >= 15 is 0 Å². The van der Waals surface area contributed by atoms with Crippen LogP contribution in [0.4, 0.5) is 0 Å². The Bertz CT molecular complexity index is 408. The normalized spacial score (nSPS) is 24.7. The highest BCUT2D eigenvalue weighted by atomic mass is 15.5. The van der Waals surface area contributed by atoms with Gasteiger partial charge in [-0.1, -0.05) is 18.6 Å². The monoisotopic (exact) mass is 243 g/mol. The minimum Gasteiger partial charge on any atom is -0.250 e. The van der Waals surface area contributed by atoms with Crippen LogP contribution >= 0.6 is 0 Å². The molecule has 2 atom stereocenters. The van der Waals surface area contributed by atoms with Crippen molar-refractivity contribution in [3.63, 3.8) is 0 Å². The predicted molar refractivity (Wildman–Crippen MR) is 72.6 cm³/mol. The zero-order valence-electron chi connectivity index (χ0n) is 11.2. The topological polar surface area (TPSA) is 39.1 Å². The Morgan fingerprint density at radius 1 is 1.22 bits per heavy atom. The van der Waals surface area contributed by atoms with Crippen LogP contribution in [0.15, 0.2) is 24.3 Å². The summed E-state index contributed by atoms with van der Waals surface area (Å²) in [6.45, 7) is 5.39. The second kappa shape index (κ2) is 5.99. The van der Waals surface area contributed by atoms with E-state index in [1.807, 2.05) is 24.3 Å². The second-order valence-electron chi connectivity index (χ2n) is 5.18. The van der Waals surface area contributed by atoms with Gasteiger partial charge in [0.1, 0.15) is 0 Å². The van der Waals surface area contributed by atoms with Crippen LogP contribution in [0.25, 0.3) is 0 Å². The molecule has 0 aliphatic carbocycles. The van der Waals surface area contributed by atoms with E-state index in [0.717, 1.165) is 12.1 Å². The Morgan fingerprint density at radius 2 is 1.83 bits per heavy atom. The Labute approximate surface area is 109 Å². The number of piperidine rings is 1. The lowest BCUT2D eigenvalue weighted by Crippen LogP contribution is -2.51. The van der Waals surface area contributed by atoms with Gasteiger partial charge in [0.05, 0.1) is 11.6 Å². The molecule has 2 unspecified atom stereocenters. The van der Waals surface area contributed by atoms with Crippen LogP contribution < -0.4 is 5.43 Å². The number of hydrazine groups is 1. The van der Waals surface area contributed by atoms with Gasteiger partial charge in [-0.05, 0) is 44.4 Å². The SMILES string of the molecule is CC1CCCC(C)N1NCc1ccc(C#N)cc1. The summed E-state index contributed by atoms with van der Waals surface area (Å²) in [4.78, 5) is 0. The fourth-order valence-electron chi connectivity index (χ4n) is 2.61. The van der Waals surface area contributed by atoms with Crippen molar-refractivity contribution in [2.45, 2.75) is 51.7 Å². The van der Waals surface area contributed by atoms with Crippen molar-refractivity contribution in [3.05, 3.63) is 35.4 Å². The molecule has 96 valence electrons. The molecular weight excluding hydrogens is 222 g/mol. The molecule has 2 rings (SSSR count). The highest BCUT2D eigenvalue weighted by Gasteiger charge is 2.23. The van der Waals surface area contributed by atoms with Gasteiger partial charge in [-0.3, -0.25) is 5.43 Å². The number of rotatable bonds is 3. The molecule has 3 heteroatoms. The predicted octanol–water partition coefficient (Wildman–Crippen LogP) is 2.83. The minimum absolute atomic E-state index is 0.604. The van der Waals surface area contributed by atoms with Crippen LogP contribution in [0.5, 0.6) is 0 Å². The van der Waals surface area contributed by atoms with E-state index in [4.69, 9.17) is 5.26 Å². The first kappa shape index (κ1) is 13.1. The molecule has 1 heterocycles. The molecule has 0 radical (unpaired) electrons. The standard InChI is InChI=1S/C15H21N3/c1-12-4-3-5-13(2)18(12)17-11-15-8-6-14(10-16)7-9-15/h6-9,12-13,17H,3-5,11H2,1-2H3. The lowest BCUT2D eigenvalue weighted by atomic mass is 10.00. The summed E-state index contributed by atoms with van der Waals surface area (Å²) >= 11 is 0. The average Bonchev–Trinajstić information content (AvgIpc) is 2.39. The molecule has 0 bridgehead atoms. The van der Waals surface area contributed by atoms with Crippen molar-refractivity contribution >= 4 is 0 Å². The van der Waals surface area contributed by atoms with E-state index in [-0.39, 0.29) is 0 Å². The molecule has 18 heavy (non-hydrogen) atoms. The molecule has 1 aliphatic heterocycles. The van der Waals surface area contributed by atoms with E-state index in [1.165, 1.54) is 24.8 Å². The number of nitrogens with zero attached hydrogens (tertiary/aromatic N) is 2. The molecule has 1 aromatic rings. The van der Waals surface area contributed by atoms with E-state index < -0.39 is 0 Å². The van der Waals surface area contributed by atoms with Gasteiger partial charge in [-0.2, -0.15) is 5.26 Å². The van der Waals surface area contributed by atoms with Gasteiger partial charge in [0.2, 0.25) is 0 Å². The highest BCUT2D eigenvalue weighted by molar-refractivity contribution is 5.31. The van der Waals surface area contributed by atoms with Gasteiger partial charge in [0.15, 0.2) is 0 Å². The number of hydrogen-bond donors (Lipinski definition) is 1. The molecule has 0 saturated carbocycles. The number of nitrogens with one attached hydrogen (secondary N) is 1. The second-order valence-corrected chi connectivity index (χ2v) is 5.18. The maximum absolute atomic E-state index is 8.76. The number of benzene rings is 1. The van der Waals surface area contributed by atoms with Crippen LogP contribution in [0.3, 0.4) is 0 Å². The van der Waals surface area contributed by atoms with Crippen LogP contribution in [0, 0.1) is 11.3 Å². The summed E-state index contributed by atoms with van der Waals surface area (Å²) in [5.74, 6) is 0. The van der Waals surface area contributed by atoms with Gasteiger partial charge >= 0.3 is 0 Å². The van der Waals surface area contributed by atoms with Crippen LogP contribution in [0.2, 0.25) is 0 Å². The van der Waals surface area contributed by atoms with Crippen molar-refractivity contribution in [1.82, 2.24) is 10.4 Å². The molecule has 0 aromatic heterocycles. The third kappa shape index (κ3) is 3.10. The van der Waals surface area contributed by atoms with Crippen molar-refractivity contribution < 1.29 is 0 Å². The lowest BCUT2D eigenvalue weighted by molar-refractivity contribution is 0.0435. The first-order valence-corrected chi connectivity index (χ1v) is 6.71. The number of nitriles is 1. The zero-order chi connectivity index (χ0) is 13.0. The Hall–Kier alpha value is -1.37. The minimum atomic E-state index is 0.604. The van der Waals surface area contributed by atoms with E-state index in [2.05, 4.69) is 30.4 Å². The van der Waals surface area contributed by atoms with Gasteiger partial charge < -0.3 is 0 Å². The summed E-state index contributed by atoms with van der Waals surface area (Å²) < 4.78 is 0. The first-order valence-electron chi connectivity index (χ1n) is 6.71. The Kier molecular flexibility index (Phi) is 4.35. The van der Waals surface area contributed by atoms with E-state index in [0.29, 0.717) is 12.1 Å². The summed E-state index contributed by atoms with van der Waals surface area (Å²) in [5.41, 5.74) is 5.47. The summed E-state index contributed by atoms with van der Waals surface area (Å²) in [6, 6.07) is 11.1. The molecule has 1 aromatic carbocycles. The maximum atomic E-state index is 8.76. The van der Waals surface area contributed by atoms with Crippen molar-refractivity contribution in [2.75, 3.05) is 0 Å². The van der Waals surface area contributed by atoms with Crippen molar-refractivity contribution in [2.24, 2.45) is 0 Å². The molecule has 0 amide bonds. The van der Waals surface area contributed by atoms with Crippen LogP contribution in [-0.4, -0.2) is 17.1 Å². The molecule has 3 nitrogen and oxygen atoms in total. The van der Waals surface area contributed by atoms with Crippen molar-refractivity contribution in [1.29, 1.82) is 5.26 Å². The fourth-order valence-corrected chi connectivity index (χ4v) is 2.61. The van der Waals surface area contributed by atoms with E-state index in [9.17, 15) is 0 Å². The quantitative estimate of drug-likeness (QED) is 0.887. The summed E-state index contributed by atoms with van der Waals surface area (Å²) in [7, 11) is 0. The smallest absolute Gasteiger partial charge is 0.0991 e. The molecule has 0 spiro atoms. The van der Waals surface area contributed by atoms with Gasteiger partial charge in [0.25, 0.3) is 0 Å². The van der Waals surface area contributed by atoms with Crippen molar-refractivity contribution in [3.8, 4) is 6.07 Å². The largest absolute Gasteiger partial charge is 0.250 e. The van der Waals surface area contributed by atoms with Gasteiger partial charge in [-0.15, -0.1) is 0 Å². The maximum Gasteiger partial charge on any atom is 0.0991 e. The Balaban J connectivity index is 1.91. The Morgan fingerprint density at radius 3 is 2.39 bits per heavy atom. The van der Waals surface area contributed by atoms with Crippen LogP contribution in [-0.2, 0) is 6.54 Å². The third-order valence-corrected chi connectivity index (χ3v) is 3.74. The molecule has 1 fully saturated rings. The molecular formula is C15H21N3. The summed E-state index contributed by atoms with van der Waals surface area (Å²) in [6.07, 6.45) is 3.87. The highest BCUT2D eigenvalue weighted by Crippen LogP contribution is 2.20. The molecule has 1 saturated heterocycles. The lowest BCUT2D eigenvalue weighted by Gasteiger charge is -2.39. The van der Waals surface area contributed by atoms with Gasteiger partial charge in [-0.25, -0.2) is 5.01 Å². The van der Waals surface area contributed by atoms with E-state index in [1.54, 1.807) is 0 Å². The molecule has 1 aliphatic rings. The summed E-state index contributed by atoms with van der Waals surface area (Å²) in [5, 5.41) is 11.1. The van der Waals surface area contributed by atoms with Crippen LogP contribution in [0.1, 0.15) is 44.2 Å². The number of hydrogen-bond acceptors (Lipinski definition) is 3. The average molecular weight is 243 g/mol. The molecule has 1 N–H and O–H groups in total. The van der Waals surface area contributed by atoms with Gasteiger partial charge in [0, 0.05) is 18.6 Å². The third-order valence-electron chi connectivity index (χ3n) is 3.74. The first-order chi connectivity index (χ1) is 8.70. The fraction of sp³-hybridized carbons (Fsp3) is 0.533.